The van der Waals surface area contributed by atoms with Crippen molar-refractivity contribution in [2.75, 3.05) is 11.9 Å². The number of carbonyl (C=O) groups excluding carboxylic acids is 1. The molecule has 0 atom stereocenters. The minimum Gasteiger partial charge on any atom is -0.490 e. The van der Waals surface area contributed by atoms with Crippen molar-refractivity contribution >= 4 is 52.5 Å². The molecule has 5 nitrogen and oxygen atoms in total. The summed E-state index contributed by atoms with van der Waals surface area (Å²) in [5.74, 6) is 0.400. The molecule has 0 fully saturated rings. The number of rotatable bonds is 10. The number of anilines is 1. The number of amides is 1. The standard InChI is InChI=1S/C28H23Cl3N2O3/c1-3-8-19-13-18(14-21(16-32)28(34)33-24-12-7-11-23(30)26(24)31)15-25(35-4-2)27(19)36-17-20-9-5-6-10-22(20)29/h3,5-7,9-15H,1,4,8,17H2,2H3,(H,33,34)/b21-14-. The number of nitrogens with zero attached hydrogens (tertiary/aromatic N) is 1. The third-order valence-corrected chi connectivity index (χ3v) is 6.21. The third kappa shape index (κ3) is 6.83. The van der Waals surface area contributed by atoms with E-state index in [1.165, 1.54) is 6.08 Å². The third-order valence-electron chi connectivity index (χ3n) is 5.02. The van der Waals surface area contributed by atoms with E-state index in [1.54, 1.807) is 36.4 Å². The van der Waals surface area contributed by atoms with Crippen molar-refractivity contribution in [3.8, 4) is 17.6 Å². The van der Waals surface area contributed by atoms with Crippen LogP contribution in [0.3, 0.4) is 0 Å². The molecule has 0 saturated heterocycles. The van der Waals surface area contributed by atoms with Gasteiger partial charge >= 0.3 is 0 Å². The molecule has 0 heterocycles. The number of halogens is 3. The highest BCUT2D eigenvalue weighted by Crippen LogP contribution is 2.36. The number of benzene rings is 3. The Morgan fingerprint density at radius 1 is 1.06 bits per heavy atom. The number of ether oxygens (including phenoxy) is 2. The molecule has 184 valence electrons. The SMILES string of the molecule is C=CCc1cc(/C=C(/C#N)C(=O)Nc2cccc(Cl)c2Cl)cc(OCC)c1OCc1ccccc1Cl. The van der Waals surface area contributed by atoms with Gasteiger partial charge in [-0.25, -0.2) is 0 Å². The fourth-order valence-corrected chi connectivity index (χ4v) is 3.91. The van der Waals surface area contributed by atoms with Gasteiger partial charge < -0.3 is 14.8 Å². The summed E-state index contributed by atoms with van der Waals surface area (Å²) in [4.78, 5) is 12.8. The maximum Gasteiger partial charge on any atom is 0.266 e. The average Bonchev–Trinajstić information content (AvgIpc) is 2.86. The number of hydrogen-bond donors (Lipinski definition) is 1. The zero-order chi connectivity index (χ0) is 26.1. The topological polar surface area (TPSA) is 71.4 Å². The minimum absolute atomic E-state index is 0.122. The lowest BCUT2D eigenvalue weighted by atomic mass is 10.0. The zero-order valence-corrected chi connectivity index (χ0v) is 21.8. The van der Waals surface area contributed by atoms with E-state index in [4.69, 9.17) is 44.3 Å². The molecule has 0 bridgehead atoms. The second-order valence-electron chi connectivity index (χ2n) is 7.54. The summed E-state index contributed by atoms with van der Waals surface area (Å²) in [6, 6.07) is 17.8. The molecule has 0 aromatic heterocycles. The van der Waals surface area contributed by atoms with Crippen molar-refractivity contribution in [2.24, 2.45) is 0 Å². The van der Waals surface area contributed by atoms with Gasteiger partial charge in [-0.1, -0.05) is 65.1 Å². The first kappa shape index (κ1) is 27.2. The van der Waals surface area contributed by atoms with Crippen LogP contribution in [0.5, 0.6) is 11.5 Å². The predicted molar refractivity (Wildman–Crippen MR) is 146 cm³/mol. The van der Waals surface area contributed by atoms with Crippen molar-refractivity contribution in [1.29, 1.82) is 5.26 Å². The number of carbonyl (C=O) groups is 1. The quantitative estimate of drug-likeness (QED) is 0.161. The zero-order valence-electron chi connectivity index (χ0n) is 19.5. The van der Waals surface area contributed by atoms with Gasteiger partial charge in [0, 0.05) is 16.1 Å². The van der Waals surface area contributed by atoms with Crippen molar-refractivity contribution < 1.29 is 14.3 Å². The molecule has 0 aliphatic carbocycles. The number of nitrogens with one attached hydrogen (secondary N) is 1. The van der Waals surface area contributed by atoms with Crippen LogP contribution in [-0.2, 0) is 17.8 Å². The van der Waals surface area contributed by atoms with Crippen LogP contribution >= 0.6 is 34.8 Å². The van der Waals surface area contributed by atoms with Crippen molar-refractivity contribution in [1.82, 2.24) is 0 Å². The largest absolute Gasteiger partial charge is 0.490 e. The van der Waals surface area contributed by atoms with E-state index >= 15 is 0 Å². The Labute approximate surface area is 225 Å². The van der Waals surface area contributed by atoms with Crippen molar-refractivity contribution in [3.63, 3.8) is 0 Å². The smallest absolute Gasteiger partial charge is 0.266 e. The first-order valence-electron chi connectivity index (χ1n) is 11.0. The van der Waals surface area contributed by atoms with Crippen LogP contribution in [0, 0.1) is 11.3 Å². The van der Waals surface area contributed by atoms with E-state index in [1.807, 2.05) is 37.3 Å². The van der Waals surface area contributed by atoms with Gasteiger partial charge in [0.1, 0.15) is 18.2 Å². The summed E-state index contributed by atoms with van der Waals surface area (Å²) in [5, 5.41) is 13.4. The van der Waals surface area contributed by atoms with Crippen molar-refractivity contribution in [2.45, 2.75) is 20.0 Å². The molecular formula is C28H23Cl3N2O3. The predicted octanol–water partition coefficient (Wildman–Crippen LogP) is 7.90. The first-order chi connectivity index (χ1) is 17.4. The Balaban J connectivity index is 1.95. The monoisotopic (exact) mass is 540 g/mol. The van der Waals surface area contributed by atoms with Crippen LogP contribution in [0.2, 0.25) is 15.1 Å². The average molecular weight is 542 g/mol. The highest BCUT2D eigenvalue weighted by molar-refractivity contribution is 6.44. The van der Waals surface area contributed by atoms with Crippen LogP contribution < -0.4 is 14.8 Å². The molecule has 0 radical (unpaired) electrons. The lowest BCUT2D eigenvalue weighted by Gasteiger charge is -2.17. The molecule has 8 heteroatoms. The summed E-state index contributed by atoms with van der Waals surface area (Å²) in [7, 11) is 0. The molecule has 0 spiro atoms. The number of hydrogen-bond acceptors (Lipinski definition) is 4. The molecule has 3 aromatic rings. The molecule has 1 amide bonds. The summed E-state index contributed by atoms with van der Waals surface area (Å²) < 4.78 is 12.0. The van der Waals surface area contributed by atoms with Crippen LogP contribution in [-0.4, -0.2) is 12.5 Å². The highest BCUT2D eigenvalue weighted by Gasteiger charge is 2.17. The Hall–Kier alpha value is -3.43. The Morgan fingerprint density at radius 3 is 2.50 bits per heavy atom. The molecular weight excluding hydrogens is 519 g/mol. The Kier molecular flexibility index (Phi) is 9.84. The van der Waals surface area contributed by atoms with Gasteiger partial charge in [-0.3, -0.25) is 4.79 Å². The lowest BCUT2D eigenvalue weighted by Crippen LogP contribution is -2.13. The number of nitriles is 1. The molecule has 3 aromatic carbocycles. The van der Waals surface area contributed by atoms with E-state index in [2.05, 4.69) is 11.9 Å². The fourth-order valence-electron chi connectivity index (χ4n) is 3.37. The van der Waals surface area contributed by atoms with Gasteiger partial charge in [0.25, 0.3) is 5.91 Å². The molecule has 36 heavy (non-hydrogen) atoms. The van der Waals surface area contributed by atoms with Crippen LogP contribution in [0.25, 0.3) is 6.08 Å². The van der Waals surface area contributed by atoms with E-state index < -0.39 is 5.91 Å². The van der Waals surface area contributed by atoms with Gasteiger partial charge in [0.05, 0.1) is 22.3 Å². The lowest BCUT2D eigenvalue weighted by molar-refractivity contribution is -0.112. The maximum atomic E-state index is 12.8. The minimum atomic E-state index is -0.621. The second-order valence-corrected chi connectivity index (χ2v) is 8.73. The van der Waals surface area contributed by atoms with Gasteiger partial charge in [0.15, 0.2) is 11.5 Å². The second kappa shape index (κ2) is 13.0. The maximum absolute atomic E-state index is 12.8. The summed E-state index contributed by atoms with van der Waals surface area (Å²) in [5.41, 5.74) is 2.39. The van der Waals surface area contributed by atoms with Crippen LogP contribution in [0.4, 0.5) is 5.69 Å². The first-order valence-corrected chi connectivity index (χ1v) is 12.1. The van der Waals surface area contributed by atoms with E-state index in [0.717, 1.165) is 11.1 Å². The van der Waals surface area contributed by atoms with Gasteiger partial charge in [-0.15, -0.1) is 6.58 Å². The van der Waals surface area contributed by atoms with E-state index in [9.17, 15) is 10.1 Å². The summed E-state index contributed by atoms with van der Waals surface area (Å²) in [6.45, 7) is 6.32. The Morgan fingerprint density at radius 2 is 1.81 bits per heavy atom. The summed E-state index contributed by atoms with van der Waals surface area (Å²) in [6.07, 6.45) is 3.69. The van der Waals surface area contributed by atoms with Crippen LogP contribution in [0.1, 0.15) is 23.6 Å². The Bertz CT molecular complexity index is 1350. The fraction of sp³-hybridized carbons (Fsp3) is 0.143. The normalized spacial score (nSPS) is 10.9. The molecule has 0 aliphatic heterocycles. The molecule has 0 saturated carbocycles. The van der Waals surface area contributed by atoms with Gasteiger partial charge in [-0.2, -0.15) is 5.26 Å². The molecule has 0 unspecified atom stereocenters. The van der Waals surface area contributed by atoms with Gasteiger partial charge in [-0.05, 0) is 55.3 Å². The molecule has 0 aliphatic rings. The van der Waals surface area contributed by atoms with E-state index in [0.29, 0.717) is 45.8 Å². The number of allylic oxidation sites excluding steroid dienone is 1. The highest BCUT2D eigenvalue weighted by atomic mass is 35.5. The van der Waals surface area contributed by atoms with Crippen molar-refractivity contribution in [3.05, 3.63) is 105 Å². The van der Waals surface area contributed by atoms with Crippen LogP contribution in [0.15, 0.2) is 72.8 Å². The van der Waals surface area contributed by atoms with Gasteiger partial charge in [0.2, 0.25) is 0 Å². The molecule has 3 rings (SSSR count). The molecule has 1 N–H and O–H groups in total. The summed E-state index contributed by atoms with van der Waals surface area (Å²) >= 11 is 18.5. The van der Waals surface area contributed by atoms with E-state index in [-0.39, 0.29) is 17.2 Å².